The Morgan fingerprint density at radius 1 is 1.16 bits per heavy atom. The Kier molecular flexibility index (Phi) is 5.04. The fraction of sp³-hybridized carbons (Fsp3) is 0.0714. The molecule has 0 aliphatic heterocycles. The van der Waals surface area contributed by atoms with Gasteiger partial charge in [0.25, 0.3) is 0 Å². The molecule has 0 aliphatic rings. The number of benzene rings is 2. The Labute approximate surface area is 130 Å². The van der Waals surface area contributed by atoms with Gasteiger partial charge < -0.3 is 10.6 Å². The molecule has 0 aromatic heterocycles. The normalized spacial score (nSPS) is 10.0. The number of hydrogen-bond acceptors (Lipinski definition) is 1. The van der Waals surface area contributed by atoms with Crippen LogP contribution in [0.4, 0.5) is 10.5 Å². The summed E-state index contributed by atoms with van der Waals surface area (Å²) in [6.07, 6.45) is 0. The largest absolute Gasteiger partial charge is 0.334 e. The van der Waals surface area contributed by atoms with Gasteiger partial charge in [-0.2, -0.15) is 0 Å². The van der Waals surface area contributed by atoms with Crippen LogP contribution < -0.4 is 10.6 Å². The van der Waals surface area contributed by atoms with E-state index in [0.29, 0.717) is 11.6 Å². The van der Waals surface area contributed by atoms with Crippen molar-refractivity contribution in [3.05, 3.63) is 62.7 Å². The molecule has 2 aromatic carbocycles. The molecule has 5 heteroatoms. The van der Waals surface area contributed by atoms with Gasteiger partial charge in [-0.25, -0.2) is 4.79 Å². The number of nitrogens with one attached hydrogen (secondary N) is 2. The first kappa shape index (κ1) is 14.1. The number of hydrogen-bond donors (Lipinski definition) is 2. The number of rotatable bonds is 3. The van der Waals surface area contributed by atoms with Gasteiger partial charge in [-0.15, -0.1) is 0 Å². The monoisotopic (exact) mass is 386 g/mol. The Morgan fingerprint density at radius 2 is 1.95 bits per heavy atom. The zero-order valence-corrected chi connectivity index (χ0v) is 12.9. The molecule has 98 valence electrons. The van der Waals surface area contributed by atoms with E-state index >= 15 is 0 Å². The summed E-state index contributed by atoms with van der Waals surface area (Å²) in [5.41, 5.74) is 1.74. The number of amides is 2. The summed E-state index contributed by atoms with van der Waals surface area (Å²) in [4.78, 5) is 11.7. The highest BCUT2D eigenvalue weighted by Gasteiger charge is 2.02. The maximum absolute atomic E-state index is 11.7. The number of carbonyl (C=O) groups excluding carboxylic acids is 1. The van der Waals surface area contributed by atoms with Gasteiger partial charge in [-0.1, -0.05) is 29.8 Å². The molecule has 0 aliphatic carbocycles. The van der Waals surface area contributed by atoms with Crippen LogP contribution >= 0.6 is 34.2 Å². The van der Waals surface area contributed by atoms with Gasteiger partial charge in [0.15, 0.2) is 0 Å². The zero-order chi connectivity index (χ0) is 13.7. The van der Waals surface area contributed by atoms with Crippen molar-refractivity contribution in [2.45, 2.75) is 6.54 Å². The molecule has 0 bridgehead atoms. The van der Waals surface area contributed by atoms with Crippen LogP contribution in [0.1, 0.15) is 5.56 Å². The molecule has 2 N–H and O–H groups in total. The highest BCUT2D eigenvalue weighted by Crippen LogP contribution is 2.12. The van der Waals surface area contributed by atoms with Crippen molar-refractivity contribution in [2.75, 3.05) is 5.32 Å². The average molecular weight is 387 g/mol. The third-order valence-electron chi connectivity index (χ3n) is 2.42. The van der Waals surface area contributed by atoms with Gasteiger partial charge >= 0.3 is 6.03 Å². The van der Waals surface area contributed by atoms with Crippen molar-refractivity contribution in [1.82, 2.24) is 5.32 Å². The molecule has 0 atom stereocenters. The van der Waals surface area contributed by atoms with Crippen molar-refractivity contribution in [1.29, 1.82) is 0 Å². The summed E-state index contributed by atoms with van der Waals surface area (Å²) < 4.78 is 1.07. The third-order valence-corrected chi connectivity index (χ3v) is 3.33. The predicted molar refractivity (Wildman–Crippen MR) is 86.5 cm³/mol. The first-order chi connectivity index (χ1) is 9.13. The van der Waals surface area contributed by atoms with Crippen molar-refractivity contribution in [3.63, 3.8) is 0 Å². The summed E-state index contributed by atoms with van der Waals surface area (Å²) in [6, 6.07) is 14.8. The minimum absolute atomic E-state index is 0.234. The Morgan fingerprint density at radius 3 is 2.68 bits per heavy atom. The van der Waals surface area contributed by atoms with Crippen LogP contribution in [0.2, 0.25) is 5.02 Å². The van der Waals surface area contributed by atoms with Crippen molar-refractivity contribution < 1.29 is 4.79 Å². The van der Waals surface area contributed by atoms with Gasteiger partial charge in [0, 0.05) is 20.8 Å². The van der Waals surface area contributed by atoms with Crippen LogP contribution in [-0.4, -0.2) is 6.03 Å². The molecule has 0 unspecified atom stereocenters. The first-order valence-corrected chi connectivity index (χ1v) is 7.14. The molecule has 2 rings (SSSR count). The highest BCUT2D eigenvalue weighted by molar-refractivity contribution is 14.1. The second kappa shape index (κ2) is 6.77. The number of halogens is 2. The smallest absolute Gasteiger partial charge is 0.319 e. The van der Waals surface area contributed by atoms with Crippen LogP contribution in [0.5, 0.6) is 0 Å². The lowest BCUT2D eigenvalue weighted by molar-refractivity contribution is 0.251. The van der Waals surface area contributed by atoms with E-state index in [9.17, 15) is 4.79 Å². The van der Waals surface area contributed by atoms with E-state index in [4.69, 9.17) is 11.6 Å². The van der Waals surface area contributed by atoms with Crippen LogP contribution in [0.3, 0.4) is 0 Å². The summed E-state index contributed by atoms with van der Waals surface area (Å²) >= 11 is 8.08. The van der Waals surface area contributed by atoms with Gasteiger partial charge in [0.1, 0.15) is 0 Å². The molecule has 0 heterocycles. The Hall–Kier alpha value is -1.27. The van der Waals surface area contributed by atoms with E-state index in [2.05, 4.69) is 33.2 Å². The zero-order valence-electron chi connectivity index (χ0n) is 9.99. The van der Waals surface area contributed by atoms with Gasteiger partial charge in [-0.3, -0.25) is 0 Å². The van der Waals surface area contributed by atoms with Crippen LogP contribution in [0, 0.1) is 3.57 Å². The second-order valence-electron chi connectivity index (χ2n) is 3.95. The van der Waals surface area contributed by atoms with Crippen molar-refractivity contribution >= 4 is 45.9 Å². The Balaban J connectivity index is 1.88. The molecular weight excluding hydrogens is 375 g/mol. The molecule has 0 saturated heterocycles. The number of anilines is 1. The second-order valence-corrected chi connectivity index (χ2v) is 5.63. The van der Waals surface area contributed by atoms with Crippen molar-refractivity contribution in [2.24, 2.45) is 0 Å². The molecule has 0 saturated carbocycles. The molecule has 0 fully saturated rings. The minimum atomic E-state index is -0.234. The maximum atomic E-state index is 11.7. The lowest BCUT2D eigenvalue weighted by Gasteiger charge is -2.08. The third kappa shape index (κ3) is 4.72. The summed E-state index contributed by atoms with van der Waals surface area (Å²) in [5, 5.41) is 6.23. The standard InChI is InChI=1S/C14H12ClIN2O/c15-11-4-1-3-10(7-11)9-17-14(19)18-13-6-2-5-12(16)8-13/h1-8H,9H2,(H2,17,18,19). The van der Waals surface area contributed by atoms with E-state index in [1.165, 1.54) is 0 Å². The quantitative estimate of drug-likeness (QED) is 0.760. The first-order valence-electron chi connectivity index (χ1n) is 5.68. The lowest BCUT2D eigenvalue weighted by atomic mass is 10.2. The van der Waals surface area contributed by atoms with E-state index in [1.807, 2.05) is 42.5 Å². The Bertz CT molecular complexity index is 589. The summed E-state index contributed by atoms with van der Waals surface area (Å²) in [5.74, 6) is 0. The maximum Gasteiger partial charge on any atom is 0.319 e. The van der Waals surface area contributed by atoms with E-state index in [0.717, 1.165) is 14.8 Å². The van der Waals surface area contributed by atoms with Gasteiger partial charge in [0.05, 0.1) is 0 Å². The summed E-state index contributed by atoms with van der Waals surface area (Å²) in [7, 11) is 0. The molecule has 3 nitrogen and oxygen atoms in total. The minimum Gasteiger partial charge on any atom is -0.334 e. The molecule has 2 aromatic rings. The van der Waals surface area contributed by atoms with E-state index in [1.54, 1.807) is 6.07 Å². The fourth-order valence-electron chi connectivity index (χ4n) is 1.57. The van der Waals surface area contributed by atoms with Crippen LogP contribution in [0.25, 0.3) is 0 Å². The van der Waals surface area contributed by atoms with E-state index < -0.39 is 0 Å². The van der Waals surface area contributed by atoms with E-state index in [-0.39, 0.29) is 6.03 Å². The van der Waals surface area contributed by atoms with Gasteiger partial charge in [0.2, 0.25) is 0 Å². The highest BCUT2D eigenvalue weighted by atomic mass is 127. The van der Waals surface area contributed by atoms with Crippen LogP contribution in [0.15, 0.2) is 48.5 Å². The topological polar surface area (TPSA) is 41.1 Å². The predicted octanol–water partition coefficient (Wildman–Crippen LogP) is 4.27. The number of urea groups is 1. The van der Waals surface area contributed by atoms with Crippen molar-refractivity contribution in [3.8, 4) is 0 Å². The molecule has 0 spiro atoms. The van der Waals surface area contributed by atoms with Crippen LogP contribution in [-0.2, 0) is 6.54 Å². The SMILES string of the molecule is O=C(NCc1cccc(Cl)c1)Nc1cccc(I)c1. The fourth-order valence-corrected chi connectivity index (χ4v) is 2.33. The summed E-state index contributed by atoms with van der Waals surface area (Å²) in [6.45, 7) is 0.441. The number of carbonyl (C=O) groups is 1. The average Bonchev–Trinajstić information content (AvgIpc) is 2.36. The van der Waals surface area contributed by atoms with Gasteiger partial charge in [-0.05, 0) is 58.5 Å². The lowest BCUT2D eigenvalue weighted by Crippen LogP contribution is -2.28. The molecular formula is C14H12ClIN2O. The molecule has 2 amide bonds. The molecule has 0 radical (unpaired) electrons. The molecule has 19 heavy (non-hydrogen) atoms.